The zero-order valence-corrected chi connectivity index (χ0v) is 12.6. The highest BCUT2D eigenvalue weighted by molar-refractivity contribution is 6.19. The molecule has 6 nitrogen and oxygen atoms in total. The van der Waals surface area contributed by atoms with E-state index in [0.717, 1.165) is 38.8 Å². The first-order valence-electron chi connectivity index (χ1n) is 8.00. The predicted octanol–water partition coefficient (Wildman–Crippen LogP) is 1.11. The summed E-state index contributed by atoms with van der Waals surface area (Å²) in [7, 11) is 0. The summed E-state index contributed by atoms with van der Waals surface area (Å²) in [5.41, 5.74) is -0.969. The van der Waals surface area contributed by atoms with Crippen LogP contribution >= 0.6 is 0 Å². The Bertz CT molecular complexity index is 471. The molecular weight excluding hydrogens is 270 g/mol. The van der Waals surface area contributed by atoms with Gasteiger partial charge in [0.2, 0.25) is 11.8 Å². The highest BCUT2D eigenvalue weighted by atomic mass is 16.2. The molecule has 1 saturated carbocycles. The van der Waals surface area contributed by atoms with Crippen molar-refractivity contribution in [3.8, 4) is 0 Å². The topological polar surface area (TPSA) is 69.7 Å². The van der Waals surface area contributed by atoms with Crippen LogP contribution in [0.15, 0.2) is 0 Å². The minimum absolute atomic E-state index is 0.233. The maximum absolute atomic E-state index is 12.8. The van der Waals surface area contributed by atoms with Gasteiger partial charge in [-0.1, -0.05) is 19.8 Å². The van der Waals surface area contributed by atoms with E-state index in [0.29, 0.717) is 19.4 Å². The monoisotopic (exact) mass is 293 g/mol. The lowest BCUT2D eigenvalue weighted by Gasteiger charge is -2.38. The van der Waals surface area contributed by atoms with Gasteiger partial charge in [-0.25, -0.2) is 4.79 Å². The van der Waals surface area contributed by atoms with E-state index in [1.54, 1.807) is 0 Å². The number of nitrogens with zero attached hydrogens (tertiary/aromatic N) is 2. The predicted molar refractivity (Wildman–Crippen MR) is 76.4 cm³/mol. The SMILES string of the molecule is CCN1CCCC1CN1C(=O)NC(=O)C2(CCCC2)C1=O. The Labute approximate surface area is 124 Å². The second-order valence-electron chi connectivity index (χ2n) is 6.39. The number of nitrogens with one attached hydrogen (secondary N) is 1. The van der Waals surface area contributed by atoms with Crippen molar-refractivity contribution in [1.29, 1.82) is 0 Å². The third-order valence-corrected chi connectivity index (χ3v) is 5.31. The Kier molecular flexibility index (Phi) is 3.73. The number of urea groups is 1. The molecule has 4 amide bonds. The molecule has 116 valence electrons. The molecule has 1 atom stereocenters. The Hall–Kier alpha value is -1.43. The summed E-state index contributed by atoms with van der Waals surface area (Å²) in [5, 5.41) is 2.41. The summed E-state index contributed by atoms with van der Waals surface area (Å²) in [5.74, 6) is -0.651. The highest BCUT2D eigenvalue weighted by Crippen LogP contribution is 2.42. The van der Waals surface area contributed by atoms with E-state index < -0.39 is 11.4 Å². The number of rotatable bonds is 3. The molecule has 0 aromatic heterocycles. The number of amides is 4. The summed E-state index contributed by atoms with van der Waals surface area (Å²) in [4.78, 5) is 40.6. The third-order valence-electron chi connectivity index (χ3n) is 5.31. The standard InChI is InChI=1S/C15H23N3O3/c1-2-17-9-5-6-11(17)10-18-13(20)15(7-3-4-8-15)12(19)16-14(18)21/h11H,2-10H2,1H3,(H,16,19,21). The van der Waals surface area contributed by atoms with Crippen molar-refractivity contribution in [2.75, 3.05) is 19.6 Å². The van der Waals surface area contributed by atoms with Crippen molar-refractivity contribution >= 4 is 17.8 Å². The van der Waals surface area contributed by atoms with Gasteiger partial charge in [-0.15, -0.1) is 0 Å². The van der Waals surface area contributed by atoms with Gasteiger partial charge in [0.25, 0.3) is 0 Å². The van der Waals surface area contributed by atoms with E-state index in [4.69, 9.17) is 0 Å². The lowest BCUT2D eigenvalue weighted by molar-refractivity contribution is -0.151. The van der Waals surface area contributed by atoms with Gasteiger partial charge in [0.15, 0.2) is 0 Å². The maximum Gasteiger partial charge on any atom is 0.330 e. The Morgan fingerprint density at radius 3 is 2.57 bits per heavy atom. The zero-order chi connectivity index (χ0) is 15.0. The highest BCUT2D eigenvalue weighted by Gasteiger charge is 2.55. The van der Waals surface area contributed by atoms with Gasteiger partial charge in [0.1, 0.15) is 5.41 Å². The van der Waals surface area contributed by atoms with Gasteiger partial charge in [-0.2, -0.15) is 0 Å². The molecule has 2 aliphatic heterocycles. The zero-order valence-electron chi connectivity index (χ0n) is 12.6. The molecule has 1 spiro atoms. The van der Waals surface area contributed by atoms with Crippen molar-refractivity contribution in [2.45, 2.75) is 51.5 Å². The van der Waals surface area contributed by atoms with Gasteiger partial charge < -0.3 is 0 Å². The normalized spacial score (nSPS) is 29.5. The van der Waals surface area contributed by atoms with E-state index in [1.807, 2.05) is 0 Å². The Morgan fingerprint density at radius 1 is 1.19 bits per heavy atom. The first-order valence-corrected chi connectivity index (χ1v) is 8.00. The number of hydrogen-bond acceptors (Lipinski definition) is 4. The van der Waals surface area contributed by atoms with E-state index in [9.17, 15) is 14.4 Å². The van der Waals surface area contributed by atoms with Gasteiger partial charge in [0.05, 0.1) is 0 Å². The van der Waals surface area contributed by atoms with Crippen molar-refractivity contribution in [3.63, 3.8) is 0 Å². The molecule has 0 aromatic rings. The molecule has 2 saturated heterocycles. The van der Waals surface area contributed by atoms with Crippen LogP contribution in [0.4, 0.5) is 4.79 Å². The van der Waals surface area contributed by atoms with Gasteiger partial charge in [-0.05, 0) is 38.8 Å². The van der Waals surface area contributed by atoms with E-state index in [-0.39, 0.29) is 17.9 Å². The summed E-state index contributed by atoms with van der Waals surface area (Å²) in [6.07, 6.45) is 5.02. The van der Waals surface area contributed by atoms with Crippen LogP contribution in [0.3, 0.4) is 0 Å². The molecular formula is C15H23N3O3. The summed E-state index contributed by atoms with van der Waals surface area (Å²) >= 11 is 0. The number of likely N-dealkylation sites (N-methyl/N-ethyl adjacent to an activating group) is 1. The molecule has 6 heteroatoms. The minimum atomic E-state index is -0.969. The molecule has 3 rings (SSSR count). The molecule has 1 aliphatic carbocycles. The van der Waals surface area contributed by atoms with Crippen molar-refractivity contribution in [3.05, 3.63) is 0 Å². The fraction of sp³-hybridized carbons (Fsp3) is 0.800. The number of carbonyl (C=O) groups is 3. The number of barbiturate groups is 1. The minimum Gasteiger partial charge on any atom is -0.299 e. The van der Waals surface area contributed by atoms with E-state index >= 15 is 0 Å². The van der Waals surface area contributed by atoms with Crippen LogP contribution in [-0.2, 0) is 9.59 Å². The molecule has 0 bridgehead atoms. The molecule has 2 heterocycles. The van der Waals surface area contributed by atoms with Crippen LogP contribution in [0.1, 0.15) is 45.4 Å². The van der Waals surface area contributed by atoms with Gasteiger partial charge >= 0.3 is 6.03 Å². The molecule has 3 aliphatic rings. The largest absolute Gasteiger partial charge is 0.330 e. The van der Waals surface area contributed by atoms with Crippen molar-refractivity contribution < 1.29 is 14.4 Å². The maximum atomic E-state index is 12.8. The Balaban J connectivity index is 1.79. The van der Waals surface area contributed by atoms with Crippen molar-refractivity contribution in [1.82, 2.24) is 15.1 Å². The van der Waals surface area contributed by atoms with Crippen LogP contribution in [0.2, 0.25) is 0 Å². The molecule has 21 heavy (non-hydrogen) atoms. The summed E-state index contributed by atoms with van der Waals surface area (Å²) < 4.78 is 0. The number of likely N-dealkylation sites (tertiary alicyclic amines) is 1. The fourth-order valence-corrected chi connectivity index (χ4v) is 4.05. The molecule has 3 fully saturated rings. The second-order valence-corrected chi connectivity index (χ2v) is 6.39. The summed E-state index contributed by atoms with van der Waals surface area (Å²) in [6.45, 7) is 4.46. The van der Waals surface area contributed by atoms with Gasteiger partial charge in [0, 0.05) is 12.6 Å². The van der Waals surface area contributed by atoms with Gasteiger partial charge in [-0.3, -0.25) is 24.7 Å². The second kappa shape index (κ2) is 5.40. The molecule has 0 radical (unpaired) electrons. The van der Waals surface area contributed by atoms with E-state index in [2.05, 4.69) is 17.1 Å². The average Bonchev–Trinajstić information content (AvgIpc) is 3.11. The molecule has 1 unspecified atom stereocenters. The van der Waals surface area contributed by atoms with Crippen LogP contribution < -0.4 is 5.32 Å². The lowest BCUT2D eigenvalue weighted by Crippen LogP contribution is -2.64. The fourth-order valence-electron chi connectivity index (χ4n) is 4.05. The first kappa shape index (κ1) is 14.5. The van der Waals surface area contributed by atoms with Crippen LogP contribution in [0, 0.1) is 5.41 Å². The number of imide groups is 2. The molecule has 0 aromatic carbocycles. The first-order chi connectivity index (χ1) is 10.1. The Morgan fingerprint density at radius 2 is 1.90 bits per heavy atom. The lowest BCUT2D eigenvalue weighted by atomic mass is 9.82. The smallest absolute Gasteiger partial charge is 0.299 e. The summed E-state index contributed by atoms with van der Waals surface area (Å²) in [6, 6.07) is -0.304. The van der Waals surface area contributed by atoms with E-state index in [1.165, 1.54) is 4.90 Å². The average molecular weight is 293 g/mol. The number of hydrogen-bond donors (Lipinski definition) is 1. The van der Waals surface area contributed by atoms with Crippen molar-refractivity contribution in [2.24, 2.45) is 5.41 Å². The third kappa shape index (κ3) is 2.25. The van der Waals surface area contributed by atoms with Crippen LogP contribution in [-0.4, -0.2) is 53.3 Å². The van der Waals surface area contributed by atoms with Crippen LogP contribution in [0.5, 0.6) is 0 Å². The van der Waals surface area contributed by atoms with Crippen LogP contribution in [0.25, 0.3) is 0 Å². The molecule has 1 N–H and O–H groups in total. The quantitative estimate of drug-likeness (QED) is 0.791. The number of carbonyl (C=O) groups excluding carboxylic acids is 3.